The lowest BCUT2D eigenvalue weighted by Crippen LogP contribution is -2.45. The zero-order valence-electron chi connectivity index (χ0n) is 13.7. The summed E-state index contributed by atoms with van der Waals surface area (Å²) in [5, 5.41) is 3.29. The van der Waals surface area contributed by atoms with E-state index >= 15 is 0 Å². The fraction of sp³-hybridized carbons (Fsp3) is 0.625. The molecule has 0 aromatic heterocycles. The number of nitrogens with one attached hydrogen (secondary N) is 1. The second kappa shape index (κ2) is 10.2. The number of nitrogens with zero attached hydrogens (tertiary/aromatic N) is 1. The van der Waals surface area contributed by atoms with Gasteiger partial charge in [0.25, 0.3) is 0 Å². The van der Waals surface area contributed by atoms with Crippen LogP contribution in [0.15, 0.2) is 22.7 Å². The predicted octanol–water partition coefficient (Wildman–Crippen LogP) is 5.30. The van der Waals surface area contributed by atoms with E-state index < -0.39 is 11.7 Å². The topological polar surface area (TPSA) is 15.3 Å². The first-order chi connectivity index (χ1) is 10.3. The fourth-order valence-corrected chi connectivity index (χ4v) is 3.42. The van der Waals surface area contributed by atoms with Crippen molar-refractivity contribution >= 4 is 40.7 Å². The van der Waals surface area contributed by atoms with Gasteiger partial charge < -0.3 is 5.32 Å². The number of piperazine rings is 1. The van der Waals surface area contributed by atoms with E-state index in [-0.39, 0.29) is 30.9 Å². The van der Waals surface area contributed by atoms with Crippen LogP contribution in [0.3, 0.4) is 0 Å². The van der Waals surface area contributed by atoms with Crippen LogP contribution in [0.4, 0.5) is 13.2 Å². The summed E-state index contributed by atoms with van der Waals surface area (Å²) in [4.78, 5) is 2.29. The molecule has 0 aliphatic carbocycles. The lowest BCUT2D eigenvalue weighted by Gasteiger charge is -2.36. The number of hydrogen-bond acceptors (Lipinski definition) is 2. The molecule has 0 unspecified atom stereocenters. The zero-order valence-corrected chi connectivity index (χ0v) is 16.9. The van der Waals surface area contributed by atoms with Crippen molar-refractivity contribution in [3.8, 4) is 0 Å². The third kappa shape index (κ3) is 6.71. The SMILES string of the molecule is CC(C)C[C@@H](c1cc(Br)cc(C(F)(F)F)c1)N1CCNCC1.Cl.Cl. The highest BCUT2D eigenvalue weighted by Crippen LogP contribution is 2.36. The Morgan fingerprint density at radius 1 is 1.12 bits per heavy atom. The number of rotatable bonds is 4. The van der Waals surface area contributed by atoms with E-state index in [1.165, 1.54) is 6.07 Å². The van der Waals surface area contributed by atoms with Gasteiger partial charge in [-0.3, -0.25) is 4.90 Å². The van der Waals surface area contributed by atoms with E-state index in [0.29, 0.717) is 10.4 Å². The van der Waals surface area contributed by atoms with Crippen molar-refractivity contribution in [3.05, 3.63) is 33.8 Å². The Bertz CT molecular complexity index is 507. The monoisotopic (exact) mass is 450 g/mol. The van der Waals surface area contributed by atoms with Crippen molar-refractivity contribution in [1.29, 1.82) is 0 Å². The molecule has 0 amide bonds. The van der Waals surface area contributed by atoms with E-state index in [1.54, 1.807) is 0 Å². The Labute approximate surface area is 162 Å². The van der Waals surface area contributed by atoms with Crippen LogP contribution in [0.1, 0.15) is 37.4 Å². The molecule has 1 aromatic carbocycles. The molecule has 0 spiro atoms. The van der Waals surface area contributed by atoms with Crippen molar-refractivity contribution < 1.29 is 13.2 Å². The highest BCUT2D eigenvalue weighted by Gasteiger charge is 2.32. The summed E-state index contributed by atoms with van der Waals surface area (Å²) in [6, 6.07) is 4.30. The van der Waals surface area contributed by atoms with Gasteiger partial charge in [0.1, 0.15) is 0 Å². The predicted molar refractivity (Wildman–Crippen MR) is 100 cm³/mol. The van der Waals surface area contributed by atoms with Gasteiger partial charge in [-0.2, -0.15) is 13.2 Å². The minimum atomic E-state index is -4.32. The maximum absolute atomic E-state index is 13.1. The number of alkyl halides is 3. The maximum atomic E-state index is 13.1. The second-order valence-electron chi connectivity index (χ2n) is 6.20. The molecule has 1 saturated heterocycles. The summed E-state index contributed by atoms with van der Waals surface area (Å²) >= 11 is 3.23. The summed E-state index contributed by atoms with van der Waals surface area (Å²) in [5.74, 6) is 0.424. The summed E-state index contributed by atoms with van der Waals surface area (Å²) in [7, 11) is 0. The third-order valence-corrected chi connectivity index (χ3v) is 4.38. The average molecular weight is 452 g/mol. The Morgan fingerprint density at radius 3 is 2.21 bits per heavy atom. The molecule has 1 aliphatic heterocycles. The van der Waals surface area contributed by atoms with Gasteiger partial charge in [0.2, 0.25) is 0 Å². The van der Waals surface area contributed by atoms with Crippen LogP contribution in [0.5, 0.6) is 0 Å². The Morgan fingerprint density at radius 2 is 1.71 bits per heavy atom. The van der Waals surface area contributed by atoms with Gasteiger partial charge >= 0.3 is 6.18 Å². The third-order valence-electron chi connectivity index (χ3n) is 3.92. The van der Waals surface area contributed by atoms with Crippen LogP contribution in [-0.4, -0.2) is 31.1 Å². The van der Waals surface area contributed by atoms with Gasteiger partial charge in [-0.05, 0) is 36.1 Å². The summed E-state index contributed by atoms with van der Waals surface area (Å²) in [5.41, 5.74) is 0.165. The van der Waals surface area contributed by atoms with Gasteiger partial charge in [0.15, 0.2) is 0 Å². The first-order valence-electron chi connectivity index (χ1n) is 7.60. The molecule has 8 heteroatoms. The molecule has 1 aliphatic rings. The number of benzene rings is 1. The molecule has 0 bridgehead atoms. The van der Waals surface area contributed by atoms with Crippen LogP contribution in [-0.2, 0) is 6.18 Å². The Kier molecular flexibility index (Phi) is 10.2. The van der Waals surface area contributed by atoms with Crippen molar-refractivity contribution in [3.63, 3.8) is 0 Å². The van der Waals surface area contributed by atoms with Crippen LogP contribution >= 0.6 is 40.7 Å². The highest BCUT2D eigenvalue weighted by molar-refractivity contribution is 9.10. The standard InChI is InChI=1S/C16H22BrF3N2.2ClH/c1-11(2)7-15(22-5-3-21-4-6-22)12-8-13(16(18,19)20)10-14(17)9-12;;/h8-11,15,21H,3-7H2,1-2H3;2*1H/t15-;;/m0../s1. The molecule has 1 heterocycles. The van der Waals surface area contributed by atoms with Gasteiger partial charge in [-0.25, -0.2) is 0 Å². The van der Waals surface area contributed by atoms with E-state index in [1.807, 2.05) is 6.07 Å². The molecule has 1 fully saturated rings. The van der Waals surface area contributed by atoms with E-state index in [2.05, 4.69) is 40.0 Å². The second-order valence-corrected chi connectivity index (χ2v) is 7.12. The molecule has 1 atom stereocenters. The zero-order chi connectivity index (χ0) is 16.3. The van der Waals surface area contributed by atoms with Crippen LogP contribution < -0.4 is 5.32 Å². The lowest BCUT2D eigenvalue weighted by atomic mass is 9.94. The molecule has 140 valence electrons. The first kappa shape index (κ1) is 24.0. The van der Waals surface area contributed by atoms with Gasteiger partial charge in [-0.15, -0.1) is 24.8 Å². The number of halogens is 6. The first-order valence-corrected chi connectivity index (χ1v) is 8.39. The maximum Gasteiger partial charge on any atom is 0.416 e. The van der Waals surface area contributed by atoms with Gasteiger partial charge in [0, 0.05) is 36.7 Å². The highest BCUT2D eigenvalue weighted by atomic mass is 79.9. The van der Waals surface area contributed by atoms with Crippen LogP contribution in [0.25, 0.3) is 0 Å². The van der Waals surface area contributed by atoms with Crippen LogP contribution in [0, 0.1) is 5.92 Å². The fourth-order valence-electron chi connectivity index (χ4n) is 2.90. The van der Waals surface area contributed by atoms with E-state index in [9.17, 15) is 13.2 Å². The Balaban J connectivity index is 0.00000264. The summed E-state index contributed by atoms with van der Waals surface area (Å²) < 4.78 is 39.7. The summed E-state index contributed by atoms with van der Waals surface area (Å²) in [6.07, 6.45) is -3.46. The normalized spacial score (nSPS) is 17.1. The average Bonchev–Trinajstić information content (AvgIpc) is 2.44. The minimum absolute atomic E-state index is 0. The molecule has 2 rings (SSSR count). The van der Waals surface area contributed by atoms with Crippen molar-refractivity contribution in [2.45, 2.75) is 32.5 Å². The smallest absolute Gasteiger partial charge is 0.314 e. The summed E-state index contributed by atoms with van der Waals surface area (Å²) in [6.45, 7) is 7.72. The molecular weight excluding hydrogens is 428 g/mol. The number of hydrogen-bond donors (Lipinski definition) is 1. The van der Waals surface area contributed by atoms with Crippen LogP contribution in [0.2, 0.25) is 0 Å². The minimum Gasteiger partial charge on any atom is -0.314 e. The van der Waals surface area contributed by atoms with E-state index in [0.717, 1.165) is 44.2 Å². The lowest BCUT2D eigenvalue weighted by molar-refractivity contribution is -0.137. The molecule has 0 radical (unpaired) electrons. The Hall–Kier alpha value is -0.0100. The van der Waals surface area contributed by atoms with E-state index in [4.69, 9.17) is 0 Å². The molecule has 24 heavy (non-hydrogen) atoms. The molecule has 1 aromatic rings. The molecule has 2 nitrogen and oxygen atoms in total. The van der Waals surface area contributed by atoms with Gasteiger partial charge in [0.05, 0.1) is 5.56 Å². The quantitative estimate of drug-likeness (QED) is 0.667. The van der Waals surface area contributed by atoms with Crippen molar-refractivity contribution in [2.24, 2.45) is 5.92 Å². The van der Waals surface area contributed by atoms with Gasteiger partial charge in [-0.1, -0.05) is 29.8 Å². The molecule has 1 N–H and O–H groups in total. The van der Waals surface area contributed by atoms with Crippen molar-refractivity contribution in [2.75, 3.05) is 26.2 Å². The largest absolute Gasteiger partial charge is 0.416 e. The molecule has 0 saturated carbocycles. The molecular formula is C16H24BrCl2F3N2. The van der Waals surface area contributed by atoms with Crippen molar-refractivity contribution in [1.82, 2.24) is 10.2 Å².